The highest BCUT2D eigenvalue weighted by Crippen LogP contribution is 2.24. The molecule has 1 unspecified atom stereocenters. The molecule has 25 heavy (non-hydrogen) atoms. The van der Waals surface area contributed by atoms with Crippen molar-refractivity contribution < 1.29 is 14.3 Å². The fourth-order valence-corrected chi connectivity index (χ4v) is 2.92. The number of benzene rings is 1. The van der Waals surface area contributed by atoms with Gasteiger partial charge in [0.25, 0.3) is 5.91 Å². The van der Waals surface area contributed by atoms with Crippen LogP contribution in [0.25, 0.3) is 0 Å². The molecule has 6 nitrogen and oxygen atoms in total. The van der Waals surface area contributed by atoms with Crippen LogP contribution in [0.4, 0.5) is 5.69 Å². The van der Waals surface area contributed by atoms with E-state index >= 15 is 0 Å². The Morgan fingerprint density at radius 2 is 2.00 bits per heavy atom. The number of carbonyl (C=O) groups is 2. The summed E-state index contributed by atoms with van der Waals surface area (Å²) in [6.45, 7) is 1.74. The Kier molecular flexibility index (Phi) is 9.21. The van der Waals surface area contributed by atoms with Crippen LogP contribution >= 0.6 is 24.0 Å². The normalized spacial score (nSPS) is 15.2. The average molecular weight is 390 g/mol. The van der Waals surface area contributed by atoms with Crippen molar-refractivity contribution in [1.29, 1.82) is 0 Å². The minimum atomic E-state index is -0.356. The maximum Gasteiger partial charge on any atom is 0.255 e. The molecule has 3 N–H and O–H groups in total. The van der Waals surface area contributed by atoms with Crippen LogP contribution < -0.4 is 11.1 Å². The third-order valence-corrected chi connectivity index (χ3v) is 4.37. The number of methoxy groups -OCH3 is 1. The molecular formula is C17H25Cl2N3O3. The van der Waals surface area contributed by atoms with E-state index in [0.717, 1.165) is 32.4 Å². The lowest BCUT2D eigenvalue weighted by Gasteiger charge is -2.27. The summed E-state index contributed by atoms with van der Waals surface area (Å²) < 4.78 is 5.12. The van der Waals surface area contributed by atoms with Gasteiger partial charge in [0.15, 0.2) is 0 Å². The third-order valence-electron chi connectivity index (χ3n) is 4.14. The number of carbonyl (C=O) groups excluding carboxylic acids is 2. The van der Waals surface area contributed by atoms with Crippen molar-refractivity contribution in [1.82, 2.24) is 4.90 Å². The first-order valence-electron chi connectivity index (χ1n) is 8.16. The Balaban J connectivity index is 0.00000312. The average Bonchev–Trinajstić information content (AvgIpc) is 2.60. The first-order chi connectivity index (χ1) is 11.5. The molecule has 0 radical (unpaired) electrons. The van der Waals surface area contributed by atoms with Crippen molar-refractivity contribution in [2.75, 3.05) is 32.1 Å². The summed E-state index contributed by atoms with van der Waals surface area (Å²) in [5, 5.41) is 3.22. The number of ether oxygens (including phenoxy) is 1. The number of rotatable bonds is 6. The lowest BCUT2D eigenvalue weighted by molar-refractivity contribution is -0.118. The third kappa shape index (κ3) is 6.15. The highest BCUT2D eigenvalue weighted by Gasteiger charge is 2.22. The van der Waals surface area contributed by atoms with Gasteiger partial charge in [-0.15, -0.1) is 12.4 Å². The molecule has 1 aromatic carbocycles. The van der Waals surface area contributed by atoms with Crippen LogP contribution in [0.2, 0.25) is 5.02 Å². The summed E-state index contributed by atoms with van der Waals surface area (Å²) in [5.41, 5.74) is 6.42. The van der Waals surface area contributed by atoms with Gasteiger partial charge in [-0.1, -0.05) is 11.6 Å². The predicted octanol–water partition coefficient (Wildman–Crippen LogP) is 2.69. The van der Waals surface area contributed by atoms with Crippen LogP contribution in [0.3, 0.4) is 0 Å². The summed E-state index contributed by atoms with van der Waals surface area (Å²) in [7, 11) is 1.51. The minimum absolute atomic E-state index is 0. The van der Waals surface area contributed by atoms with Gasteiger partial charge in [0.1, 0.15) is 0 Å². The first-order valence-corrected chi connectivity index (χ1v) is 8.54. The number of piperidine rings is 1. The number of hydrogen-bond donors (Lipinski definition) is 2. The van der Waals surface area contributed by atoms with E-state index in [1.165, 1.54) is 7.11 Å². The van der Waals surface area contributed by atoms with E-state index in [-0.39, 0.29) is 43.3 Å². The van der Waals surface area contributed by atoms with Crippen molar-refractivity contribution in [2.45, 2.75) is 31.8 Å². The molecule has 1 aliphatic heterocycles. The van der Waals surface area contributed by atoms with Crippen LogP contribution in [0, 0.1) is 0 Å². The van der Waals surface area contributed by atoms with Crippen LogP contribution in [0.5, 0.6) is 0 Å². The Morgan fingerprint density at radius 1 is 1.32 bits per heavy atom. The number of anilines is 1. The van der Waals surface area contributed by atoms with Gasteiger partial charge in [-0.25, -0.2) is 0 Å². The molecule has 0 saturated carbocycles. The summed E-state index contributed by atoms with van der Waals surface area (Å²) in [6, 6.07) is 4.92. The molecule has 1 atom stereocenters. The topological polar surface area (TPSA) is 84.7 Å². The molecule has 1 fully saturated rings. The largest absolute Gasteiger partial charge is 0.380 e. The van der Waals surface area contributed by atoms with Crippen molar-refractivity contribution in [3.8, 4) is 0 Å². The molecule has 0 aliphatic carbocycles. The first kappa shape index (κ1) is 21.7. The lowest BCUT2D eigenvalue weighted by Crippen LogP contribution is -2.36. The monoisotopic (exact) mass is 389 g/mol. The van der Waals surface area contributed by atoms with Gasteiger partial charge in [0.05, 0.1) is 23.8 Å². The SMILES string of the molecule is COC(CN)CC(=O)Nc1cc(Cl)ccc1C(=O)N1CCCCC1.Cl. The second-order valence-electron chi connectivity index (χ2n) is 5.89. The highest BCUT2D eigenvalue weighted by molar-refractivity contribution is 6.31. The van der Waals surface area contributed by atoms with Crippen LogP contribution in [0.15, 0.2) is 18.2 Å². The van der Waals surface area contributed by atoms with Gasteiger partial charge in [-0.3, -0.25) is 9.59 Å². The van der Waals surface area contributed by atoms with E-state index in [9.17, 15) is 9.59 Å². The predicted molar refractivity (Wildman–Crippen MR) is 102 cm³/mol. The summed E-state index contributed by atoms with van der Waals surface area (Å²) >= 11 is 6.03. The minimum Gasteiger partial charge on any atom is -0.380 e. The van der Waals surface area contributed by atoms with E-state index in [1.807, 2.05) is 4.90 Å². The van der Waals surface area contributed by atoms with Gasteiger partial charge in [0.2, 0.25) is 5.91 Å². The van der Waals surface area contributed by atoms with E-state index in [2.05, 4.69) is 5.32 Å². The molecule has 1 saturated heterocycles. The molecule has 140 valence electrons. The molecule has 2 amide bonds. The Hall–Kier alpha value is -1.34. The molecular weight excluding hydrogens is 365 g/mol. The second kappa shape index (κ2) is 10.6. The van der Waals surface area contributed by atoms with E-state index in [1.54, 1.807) is 18.2 Å². The Labute approximate surface area is 159 Å². The number of halogens is 2. The zero-order valence-corrected chi connectivity index (χ0v) is 15.9. The molecule has 1 aromatic rings. The van der Waals surface area contributed by atoms with Gasteiger partial charge >= 0.3 is 0 Å². The van der Waals surface area contributed by atoms with Crippen molar-refractivity contribution in [3.05, 3.63) is 28.8 Å². The fourth-order valence-electron chi connectivity index (χ4n) is 2.74. The van der Waals surface area contributed by atoms with E-state index in [0.29, 0.717) is 16.3 Å². The number of nitrogens with zero attached hydrogens (tertiary/aromatic N) is 1. The zero-order chi connectivity index (χ0) is 17.5. The maximum absolute atomic E-state index is 12.7. The van der Waals surface area contributed by atoms with Gasteiger partial charge in [-0.2, -0.15) is 0 Å². The summed E-state index contributed by atoms with van der Waals surface area (Å²) in [5.74, 6) is -0.342. The Bertz CT molecular complexity index is 589. The molecule has 0 bridgehead atoms. The second-order valence-corrected chi connectivity index (χ2v) is 6.32. The van der Waals surface area contributed by atoms with Crippen LogP contribution in [-0.2, 0) is 9.53 Å². The maximum atomic E-state index is 12.7. The molecule has 0 aromatic heterocycles. The van der Waals surface area contributed by atoms with Gasteiger partial charge in [0, 0.05) is 31.8 Å². The standard InChI is InChI=1S/C17H24ClN3O3.ClH/c1-24-13(11-19)10-16(22)20-15-9-12(18)5-6-14(15)17(23)21-7-3-2-4-8-21;/h5-6,9,13H,2-4,7-8,10-11,19H2,1H3,(H,20,22);1H. The fraction of sp³-hybridized carbons (Fsp3) is 0.529. The summed E-state index contributed by atoms with van der Waals surface area (Å²) in [4.78, 5) is 26.7. The molecule has 0 spiro atoms. The Morgan fingerprint density at radius 3 is 2.60 bits per heavy atom. The van der Waals surface area contributed by atoms with Crippen LogP contribution in [0.1, 0.15) is 36.0 Å². The number of nitrogens with one attached hydrogen (secondary N) is 1. The number of amides is 2. The highest BCUT2D eigenvalue weighted by atomic mass is 35.5. The molecule has 1 heterocycles. The summed E-state index contributed by atoms with van der Waals surface area (Å²) in [6.07, 6.45) is 2.92. The van der Waals surface area contributed by atoms with E-state index in [4.69, 9.17) is 22.1 Å². The molecule has 1 aliphatic rings. The number of hydrogen-bond acceptors (Lipinski definition) is 4. The smallest absolute Gasteiger partial charge is 0.255 e. The van der Waals surface area contributed by atoms with Crippen molar-refractivity contribution in [3.63, 3.8) is 0 Å². The van der Waals surface area contributed by atoms with Crippen molar-refractivity contribution >= 4 is 41.5 Å². The van der Waals surface area contributed by atoms with Crippen LogP contribution in [-0.4, -0.2) is 49.6 Å². The lowest BCUT2D eigenvalue weighted by atomic mass is 10.1. The zero-order valence-electron chi connectivity index (χ0n) is 14.3. The quantitative estimate of drug-likeness (QED) is 0.782. The van der Waals surface area contributed by atoms with E-state index < -0.39 is 0 Å². The molecule has 2 rings (SSSR count). The molecule has 8 heteroatoms. The van der Waals surface area contributed by atoms with Gasteiger partial charge in [-0.05, 0) is 37.5 Å². The number of nitrogens with two attached hydrogens (primary N) is 1. The van der Waals surface area contributed by atoms with Crippen molar-refractivity contribution in [2.24, 2.45) is 5.73 Å². The van der Waals surface area contributed by atoms with Gasteiger partial charge < -0.3 is 20.7 Å². The number of likely N-dealkylation sites (tertiary alicyclic amines) is 1.